The first-order valence-electron chi connectivity index (χ1n) is 5.00. The van der Waals surface area contributed by atoms with Gasteiger partial charge in [-0.2, -0.15) is 5.26 Å². The molecule has 14 heavy (non-hydrogen) atoms. The third kappa shape index (κ3) is 3.00. The molecular formula is C10H17N3O. The highest BCUT2D eigenvalue weighted by Gasteiger charge is 2.23. The minimum atomic E-state index is 0.182. The molecule has 1 aliphatic heterocycles. The second kappa shape index (κ2) is 4.97. The summed E-state index contributed by atoms with van der Waals surface area (Å²) in [6, 6.07) is 2.55. The van der Waals surface area contributed by atoms with Crippen LogP contribution in [0, 0.1) is 11.3 Å². The van der Waals surface area contributed by atoms with Gasteiger partial charge in [0.05, 0.1) is 12.5 Å². The van der Waals surface area contributed by atoms with E-state index in [2.05, 4.69) is 11.4 Å². The van der Waals surface area contributed by atoms with Gasteiger partial charge in [-0.25, -0.2) is 0 Å². The summed E-state index contributed by atoms with van der Waals surface area (Å²) in [4.78, 5) is 13.1. The fourth-order valence-electron chi connectivity index (χ4n) is 1.68. The Labute approximate surface area is 84.9 Å². The highest BCUT2D eigenvalue weighted by Crippen LogP contribution is 2.10. The van der Waals surface area contributed by atoms with Gasteiger partial charge in [-0.15, -0.1) is 0 Å². The molecule has 1 amide bonds. The van der Waals surface area contributed by atoms with Gasteiger partial charge in [-0.05, 0) is 13.3 Å². The van der Waals surface area contributed by atoms with Crippen LogP contribution in [0.1, 0.15) is 26.2 Å². The van der Waals surface area contributed by atoms with E-state index in [1.54, 1.807) is 4.90 Å². The molecule has 1 fully saturated rings. The lowest BCUT2D eigenvalue weighted by Gasteiger charge is -2.30. The molecule has 0 aromatic rings. The Kier molecular flexibility index (Phi) is 3.90. The van der Waals surface area contributed by atoms with Gasteiger partial charge >= 0.3 is 0 Å². The van der Waals surface area contributed by atoms with Crippen molar-refractivity contribution in [1.29, 1.82) is 5.26 Å². The van der Waals surface area contributed by atoms with Crippen molar-refractivity contribution in [1.82, 2.24) is 10.2 Å². The zero-order valence-corrected chi connectivity index (χ0v) is 8.79. The molecule has 0 aliphatic carbocycles. The van der Waals surface area contributed by atoms with Gasteiger partial charge in [0, 0.05) is 32.1 Å². The van der Waals surface area contributed by atoms with Gasteiger partial charge in [-0.1, -0.05) is 0 Å². The van der Waals surface area contributed by atoms with Gasteiger partial charge in [0.2, 0.25) is 5.91 Å². The lowest BCUT2D eigenvalue weighted by Crippen LogP contribution is -2.46. The Morgan fingerprint density at radius 2 is 2.50 bits per heavy atom. The van der Waals surface area contributed by atoms with E-state index in [-0.39, 0.29) is 18.0 Å². The van der Waals surface area contributed by atoms with Crippen molar-refractivity contribution in [3.05, 3.63) is 0 Å². The Balaban J connectivity index is 2.33. The van der Waals surface area contributed by atoms with Crippen molar-refractivity contribution >= 4 is 5.91 Å². The number of amides is 1. The molecular weight excluding hydrogens is 178 g/mol. The fraction of sp³-hybridized carbons (Fsp3) is 0.800. The molecule has 78 valence electrons. The molecule has 1 aliphatic rings. The maximum absolute atomic E-state index is 11.4. The van der Waals surface area contributed by atoms with E-state index in [9.17, 15) is 4.79 Å². The number of nitriles is 1. The summed E-state index contributed by atoms with van der Waals surface area (Å²) >= 11 is 0. The molecule has 4 nitrogen and oxygen atoms in total. The van der Waals surface area contributed by atoms with Gasteiger partial charge in [0.15, 0.2) is 0 Å². The smallest absolute Gasteiger partial charge is 0.223 e. The predicted octanol–water partition coefficient (Wildman–Crippen LogP) is 0.499. The van der Waals surface area contributed by atoms with E-state index < -0.39 is 0 Å². The molecule has 0 aromatic carbocycles. The van der Waals surface area contributed by atoms with Crippen LogP contribution in [0.3, 0.4) is 0 Å². The van der Waals surface area contributed by atoms with Crippen molar-refractivity contribution < 1.29 is 4.79 Å². The maximum Gasteiger partial charge on any atom is 0.223 e. The number of hydrogen-bond acceptors (Lipinski definition) is 3. The zero-order valence-electron chi connectivity index (χ0n) is 8.79. The number of carbonyl (C=O) groups excluding carboxylic acids is 1. The molecule has 0 aromatic heterocycles. The molecule has 1 rings (SSSR count). The van der Waals surface area contributed by atoms with Crippen LogP contribution in [0.15, 0.2) is 0 Å². The molecule has 1 heterocycles. The van der Waals surface area contributed by atoms with Crippen LogP contribution < -0.4 is 5.32 Å². The highest BCUT2D eigenvalue weighted by molar-refractivity contribution is 5.77. The number of piperidine rings is 1. The standard InChI is InChI=1S/C10H17N3O/c1-8(3-5-11)12-9-4-6-13(2)10(14)7-9/h8-9,12H,3-4,6-7H2,1-2H3. The van der Waals surface area contributed by atoms with Crippen LogP contribution in [0.2, 0.25) is 0 Å². The van der Waals surface area contributed by atoms with E-state index in [1.807, 2.05) is 14.0 Å². The third-order valence-corrected chi connectivity index (χ3v) is 2.58. The van der Waals surface area contributed by atoms with Crippen LogP contribution in [0.5, 0.6) is 0 Å². The van der Waals surface area contributed by atoms with Gasteiger partial charge in [0.1, 0.15) is 0 Å². The minimum Gasteiger partial charge on any atom is -0.346 e. The zero-order chi connectivity index (χ0) is 10.6. The predicted molar refractivity (Wildman–Crippen MR) is 53.5 cm³/mol. The number of hydrogen-bond donors (Lipinski definition) is 1. The molecule has 0 radical (unpaired) electrons. The van der Waals surface area contributed by atoms with E-state index >= 15 is 0 Å². The molecule has 1 N–H and O–H groups in total. The average Bonchev–Trinajstić information content (AvgIpc) is 2.12. The fourth-order valence-corrected chi connectivity index (χ4v) is 1.68. The van der Waals surface area contributed by atoms with E-state index in [0.29, 0.717) is 12.8 Å². The second-order valence-corrected chi connectivity index (χ2v) is 3.93. The lowest BCUT2D eigenvalue weighted by molar-refractivity contribution is -0.132. The first-order valence-corrected chi connectivity index (χ1v) is 5.00. The quantitative estimate of drug-likeness (QED) is 0.713. The molecule has 0 spiro atoms. The molecule has 0 bridgehead atoms. The van der Waals surface area contributed by atoms with E-state index in [4.69, 9.17) is 5.26 Å². The second-order valence-electron chi connectivity index (χ2n) is 3.93. The summed E-state index contributed by atoms with van der Waals surface area (Å²) < 4.78 is 0. The molecule has 0 saturated carbocycles. The average molecular weight is 195 g/mol. The van der Waals surface area contributed by atoms with E-state index in [0.717, 1.165) is 13.0 Å². The number of nitrogens with zero attached hydrogens (tertiary/aromatic N) is 2. The Hall–Kier alpha value is -1.08. The Bertz CT molecular complexity index is 246. The monoisotopic (exact) mass is 195 g/mol. The van der Waals surface area contributed by atoms with Crippen LogP contribution in [0.25, 0.3) is 0 Å². The Morgan fingerprint density at radius 1 is 1.79 bits per heavy atom. The molecule has 2 unspecified atom stereocenters. The highest BCUT2D eigenvalue weighted by atomic mass is 16.2. The van der Waals surface area contributed by atoms with Crippen molar-refractivity contribution in [3.8, 4) is 6.07 Å². The third-order valence-electron chi connectivity index (χ3n) is 2.58. The number of rotatable bonds is 3. The van der Waals surface area contributed by atoms with Crippen molar-refractivity contribution in [2.24, 2.45) is 0 Å². The SMILES string of the molecule is CC(CC#N)NC1CCN(C)C(=O)C1. The number of likely N-dealkylation sites (tertiary alicyclic amines) is 1. The molecule has 1 saturated heterocycles. The minimum absolute atomic E-state index is 0.182. The van der Waals surface area contributed by atoms with Crippen LogP contribution in [0.4, 0.5) is 0 Å². The van der Waals surface area contributed by atoms with Crippen molar-refractivity contribution in [2.45, 2.75) is 38.3 Å². The summed E-state index contributed by atoms with van der Waals surface area (Å²) in [5.74, 6) is 0.193. The summed E-state index contributed by atoms with van der Waals surface area (Å²) in [7, 11) is 1.83. The van der Waals surface area contributed by atoms with Crippen LogP contribution >= 0.6 is 0 Å². The summed E-state index contributed by atoms with van der Waals surface area (Å²) in [5.41, 5.74) is 0. The summed E-state index contributed by atoms with van der Waals surface area (Å²) in [6.07, 6.45) is 2.05. The first kappa shape index (κ1) is 11.0. The van der Waals surface area contributed by atoms with Gasteiger partial charge < -0.3 is 10.2 Å². The summed E-state index contributed by atoms with van der Waals surface area (Å²) in [5, 5.41) is 11.8. The largest absolute Gasteiger partial charge is 0.346 e. The Morgan fingerprint density at radius 3 is 3.07 bits per heavy atom. The molecule has 2 atom stereocenters. The maximum atomic E-state index is 11.4. The van der Waals surface area contributed by atoms with E-state index in [1.165, 1.54) is 0 Å². The van der Waals surface area contributed by atoms with Crippen LogP contribution in [-0.4, -0.2) is 36.5 Å². The van der Waals surface area contributed by atoms with Crippen LogP contribution in [-0.2, 0) is 4.79 Å². The first-order chi connectivity index (χ1) is 6.63. The van der Waals surface area contributed by atoms with Crippen molar-refractivity contribution in [3.63, 3.8) is 0 Å². The summed E-state index contributed by atoms with van der Waals surface area (Å²) in [6.45, 7) is 2.79. The number of carbonyl (C=O) groups is 1. The van der Waals surface area contributed by atoms with Crippen molar-refractivity contribution in [2.75, 3.05) is 13.6 Å². The van der Waals surface area contributed by atoms with Gasteiger partial charge in [0.25, 0.3) is 0 Å². The normalized spacial score (nSPS) is 24.5. The van der Waals surface area contributed by atoms with Gasteiger partial charge in [-0.3, -0.25) is 4.79 Å². The number of nitrogens with one attached hydrogen (secondary N) is 1. The molecule has 4 heteroatoms. The lowest BCUT2D eigenvalue weighted by atomic mass is 10.0. The topological polar surface area (TPSA) is 56.1 Å².